The number of primary amides is 1. The number of likely N-dealkylation sites (tertiary alicyclic amines) is 1. The number of alkyl halides is 2. The van der Waals surface area contributed by atoms with Crippen LogP contribution in [-0.4, -0.2) is 120 Å². The predicted molar refractivity (Wildman–Crippen MR) is 146 cm³/mol. The van der Waals surface area contributed by atoms with Gasteiger partial charge in [-0.25, -0.2) is 8.78 Å². The maximum atomic E-state index is 14.0. The number of anilines is 2. The van der Waals surface area contributed by atoms with Gasteiger partial charge in [0.2, 0.25) is 11.8 Å². The third kappa shape index (κ3) is 4.60. The molecule has 1 saturated heterocycles. The maximum Gasteiger partial charge on any atom is 0.272 e. The fourth-order valence-electron chi connectivity index (χ4n) is 7.26. The number of nitrogens with zero attached hydrogens (tertiary/aromatic N) is 3. The second kappa shape index (κ2) is 10.1. The molecule has 1 heterocycles. The summed E-state index contributed by atoms with van der Waals surface area (Å²) in [5.74, 6) is -15.6. The third-order valence-electron chi connectivity index (χ3n) is 9.07. The highest BCUT2D eigenvalue weighted by atomic mass is 19.3. The van der Waals surface area contributed by atoms with Gasteiger partial charge in [-0.3, -0.25) is 38.6 Å². The summed E-state index contributed by atoms with van der Waals surface area (Å²) in [6.07, 6.45) is -0.0551. The number of amides is 2. The molecular weight excluding hydrogens is 572 g/mol. The molecule has 0 aromatic heterocycles. The molecular formula is C28H33F2N5O8. The molecule has 1 aromatic carbocycles. The summed E-state index contributed by atoms with van der Waals surface area (Å²) in [5.41, 5.74) is 2.78. The van der Waals surface area contributed by atoms with E-state index in [9.17, 15) is 47.8 Å². The van der Waals surface area contributed by atoms with Crippen molar-refractivity contribution in [3.05, 3.63) is 17.2 Å². The molecule has 1 aliphatic heterocycles. The average Bonchev–Trinajstić information content (AvgIpc) is 2.86. The monoisotopic (exact) mass is 605 g/mol. The number of halogens is 2. The summed E-state index contributed by atoms with van der Waals surface area (Å²) >= 11 is 0. The molecule has 6 atom stereocenters. The van der Waals surface area contributed by atoms with Crippen molar-refractivity contribution in [2.24, 2.45) is 29.4 Å². The molecule has 2 unspecified atom stereocenters. The number of hydrogen-bond acceptors (Lipinski definition) is 11. The lowest BCUT2D eigenvalue weighted by Gasteiger charge is -2.52. The minimum Gasteiger partial charge on any atom is -0.505 e. The number of rotatable bonds is 6. The van der Waals surface area contributed by atoms with E-state index in [1.807, 2.05) is 0 Å². The van der Waals surface area contributed by atoms with Crippen LogP contribution in [0.4, 0.5) is 20.2 Å². The molecule has 2 saturated carbocycles. The van der Waals surface area contributed by atoms with E-state index in [0.29, 0.717) is 11.3 Å². The molecule has 3 fully saturated rings. The van der Waals surface area contributed by atoms with Gasteiger partial charge in [-0.15, -0.1) is 0 Å². The van der Waals surface area contributed by atoms with Gasteiger partial charge in [0, 0.05) is 25.7 Å². The van der Waals surface area contributed by atoms with Gasteiger partial charge in [0.1, 0.15) is 5.75 Å². The van der Waals surface area contributed by atoms with E-state index >= 15 is 0 Å². The van der Waals surface area contributed by atoms with E-state index in [0.717, 1.165) is 0 Å². The first-order chi connectivity index (χ1) is 19.9. The number of carbonyl (C=O) groups excluding carboxylic acids is 6. The highest BCUT2D eigenvalue weighted by Crippen LogP contribution is 2.52. The van der Waals surface area contributed by atoms with E-state index in [4.69, 9.17) is 5.73 Å². The van der Waals surface area contributed by atoms with Gasteiger partial charge < -0.3 is 26.2 Å². The van der Waals surface area contributed by atoms with Gasteiger partial charge in [-0.05, 0) is 44.5 Å². The fraction of sp³-hybridized carbons (Fsp3) is 0.571. The Bertz CT molecular complexity index is 1470. The number of aromatic hydroxyl groups is 1. The quantitative estimate of drug-likeness (QED) is 0.226. The van der Waals surface area contributed by atoms with Crippen molar-refractivity contribution < 1.29 is 47.8 Å². The first-order valence-corrected chi connectivity index (χ1v) is 13.7. The molecule has 3 aliphatic carbocycles. The minimum absolute atomic E-state index is 0.0456. The molecule has 0 spiro atoms. The summed E-state index contributed by atoms with van der Waals surface area (Å²) in [7, 11) is 6.32. The number of Topliss-reactive ketones (excluding diaryl/α,β-unsaturated/α-hetero) is 4. The van der Waals surface area contributed by atoms with E-state index in [-0.39, 0.29) is 30.6 Å². The largest absolute Gasteiger partial charge is 0.505 e. The van der Waals surface area contributed by atoms with E-state index in [1.54, 1.807) is 19.0 Å². The van der Waals surface area contributed by atoms with Crippen molar-refractivity contribution in [1.29, 1.82) is 0 Å². The number of likely N-dealkylation sites (N-methyl/N-ethyl adjacent to an activating group) is 1. The smallest absolute Gasteiger partial charge is 0.272 e. The van der Waals surface area contributed by atoms with E-state index in [2.05, 4.69) is 5.32 Å². The Morgan fingerprint density at radius 1 is 1.12 bits per heavy atom. The number of phenols is 1. The zero-order chi connectivity index (χ0) is 31.9. The van der Waals surface area contributed by atoms with Crippen LogP contribution in [0.2, 0.25) is 0 Å². The van der Waals surface area contributed by atoms with Crippen LogP contribution < -0.4 is 16.0 Å². The number of benzene rings is 1. The minimum atomic E-state index is -2.89. The normalized spacial score (nSPS) is 31.6. The standard InChI is InChI=1S/C28H33F2N5O8/c1-33(2)15-7-14(32-16(36)8-35-9-27(29,30)10-35)21(37)18-12(15)5-11-6-13-20(34(3)4)23(39)19(26(31)42)25(41)28(13,43)24(40)17(11)22(18)38/h7,11,13,17,19-20,37,43H,5-6,8-10H2,1-4H3,(H2,31,42)(H,32,36)/t11-,13-,17?,19?,20-,28-/m0/s1. The van der Waals surface area contributed by atoms with Crippen molar-refractivity contribution in [1.82, 2.24) is 9.80 Å². The topological polar surface area (TPSA) is 191 Å². The van der Waals surface area contributed by atoms with Crippen LogP contribution >= 0.6 is 0 Å². The number of nitrogens with one attached hydrogen (secondary N) is 1. The van der Waals surface area contributed by atoms with Crippen molar-refractivity contribution in [3.8, 4) is 5.75 Å². The summed E-state index contributed by atoms with van der Waals surface area (Å²) in [5, 5.41) is 25.3. The average molecular weight is 606 g/mol. The van der Waals surface area contributed by atoms with Crippen LogP contribution in [0.15, 0.2) is 6.07 Å². The zero-order valence-electron chi connectivity index (χ0n) is 24.0. The molecule has 0 radical (unpaired) electrons. The molecule has 0 bridgehead atoms. The van der Waals surface area contributed by atoms with Gasteiger partial charge in [0.15, 0.2) is 34.7 Å². The Kier molecular flexibility index (Phi) is 7.22. The van der Waals surface area contributed by atoms with Crippen LogP contribution in [0.5, 0.6) is 5.75 Å². The number of fused-ring (bicyclic) bond motifs is 3. The van der Waals surface area contributed by atoms with Gasteiger partial charge in [-0.1, -0.05) is 0 Å². The van der Waals surface area contributed by atoms with Gasteiger partial charge >= 0.3 is 0 Å². The number of carbonyl (C=O) groups is 6. The third-order valence-corrected chi connectivity index (χ3v) is 9.07. The second-order valence-electron chi connectivity index (χ2n) is 12.4. The first kappa shape index (κ1) is 30.6. The Morgan fingerprint density at radius 2 is 1.74 bits per heavy atom. The van der Waals surface area contributed by atoms with Gasteiger partial charge in [0.05, 0.1) is 42.8 Å². The number of ketones is 4. The predicted octanol–water partition coefficient (Wildman–Crippen LogP) is -1.18. The molecule has 5 rings (SSSR count). The van der Waals surface area contributed by atoms with Crippen LogP contribution in [-0.2, 0) is 30.4 Å². The summed E-state index contributed by atoms with van der Waals surface area (Å²) < 4.78 is 26.4. The van der Waals surface area contributed by atoms with Crippen molar-refractivity contribution >= 4 is 46.3 Å². The fourth-order valence-corrected chi connectivity index (χ4v) is 7.26. The van der Waals surface area contributed by atoms with Gasteiger partial charge in [0.25, 0.3) is 5.92 Å². The number of nitrogens with two attached hydrogens (primary N) is 1. The van der Waals surface area contributed by atoms with Crippen molar-refractivity contribution in [3.63, 3.8) is 0 Å². The van der Waals surface area contributed by atoms with E-state index in [1.165, 1.54) is 30.0 Å². The Balaban J connectivity index is 1.55. The molecule has 43 heavy (non-hydrogen) atoms. The molecule has 5 N–H and O–H groups in total. The van der Waals surface area contributed by atoms with Crippen molar-refractivity contribution in [2.45, 2.75) is 30.4 Å². The van der Waals surface area contributed by atoms with Crippen LogP contribution in [0.1, 0.15) is 22.3 Å². The summed E-state index contributed by atoms with van der Waals surface area (Å²) in [6, 6.07) is 0.214. The van der Waals surface area contributed by atoms with E-state index < -0.39 is 95.0 Å². The maximum absolute atomic E-state index is 14.0. The highest BCUT2D eigenvalue weighted by Gasteiger charge is 2.69. The Labute approximate surface area is 244 Å². The molecule has 4 aliphatic rings. The first-order valence-electron chi connectivity index (χ1n) is 13.7. The molecule has 13 nitrogen and oxygen atoms in total. The van der Waals surface area contributed by atoms with Crippen molar-refractivity contribution in [2.75, 3.05) is 58.0 Å². The Morgan fingerprint density at radius 3 is 2.28 bits per heavy atom. The Hall–Kier alpha value is -3.82. The number of hydrogen-bond donors (Lipinski definition) is 4. The lowest BCUT2D eigenvalue weighted by molar-refractivity contribution is -0.181. The number of aliphatic hydroxyl groups is 1. The lowest BCUT2D eigenvalue weighted by Crippen LogP contribution is -2.74. The SMILES string of the molecule is CN(C)c1cc(NC(=O)CN2CC(F)(F)C2)c(O)c2c1C[C@H]1C[C@H]3[C@H](N(C)C)C(=O)C(C(N)=O)C(=O)[C@@]3(O)C(=O)C1C2=O. The molecule has 2 amide bonds. The second-order valence-corrected chi connectivity index (χ2v) is 12.4. The van der Waals surface area contributed by atoms with Gasteiger partial charge in [-0.2, -0.15) is 0 Å². The van der Waals surface area contributed by atoms with Crippen LogP contribution in [0.25, 0.3) is 0 Å². The van der Waals surface area contributed by atoms with Crippen LogP contribution in [0, 0.1) is 23.7 Å². The zero-order valence-corrected chi connectivity index (χ0v) is 24.0. The molecule has 232 valence electrons. The molecule has 15 heteroatoms. The van der Waals surface area contributed by atoms with Crippen LogP contribution in [0.3, 0.4) is 0 Å². The molecule has 1 aromatic rings. The summed E-state index contributed by atoms with van der Waals surface area (Å²) in [6.45, 7) is -1.57. The summed E-state index contributed by atoms with van der Waals surface area (Å²) in [4.78, 5) is 83.6. The lowest BCUT2D eigenvalue weighted by atomic mass is 9.52. The highest BCUT2D eigenvalue weighted by molar-refractivity contribution is 6.32. The number of phenolic OH excluding ortho intramolecular Hbond substituents is 1.